The minimum absolute atomic E-state index is 0.0851. The largest absolute Gasteiger partial charge is 0.349 e. The van der Waals surface area contributed by atoms with Crippen molar-refractivity contribution >= 4 is 17.1 Å². The van der Waals surface area contributed by atoms with Gasteiger partial charge < -0.3 is 5.32 Å². The molecule has 0 bridgehead atoms. The number of nitrogens with zero attached hydrogens (tertiary/aromatic N) is 1. The second-order valence-electron chi connectivity index (χ2n) is 4.67. The van der Waals surface area contributed by atoms with Crippen LogP contribution in [-0.2, 0) is 0 Å². The predicted octanol–water partition coefficient (Wildman–Crippen LogP) is 4.26. The van der Waals surface area contributed by atoms with Gasteiger partial charge in [-0.2, -0.15) is 0 Å². The Hall–Kier alpha value is -2.36. The molecule has 0 atom stereocenters. The van der Waals surface area contributed by atoms with Crippen LogP contribution in [0.2, 0.25) is 0 Å². The van der Waals surface area contributed by atoms with Crippen molar-refractivity contribution in [3.63, 3.8) is 0 Å². The quantitative estimate of drug-likeness (QED) is 0.659. The SMILES string of the molecule is Cc1cc(C)c(Nc2ccccc2[N+](=O)[O-])c(C)c1. The summed E-state index contributed by atoms with van der Waals surface area (Å²) >= 11 is 0. The summed E-state index contributed by atoms with van der Waals surface area (Å²) in [5, 5.41) is 14.2. The van der Waals surface area contributed by atoms with E-state index in [2.05, 4.69) is 17.4 Å². The van der Waals surface area contributed by atoms with Gasteiger partial charge >= 0.3 is 0 Å². The zero-order valence-electron chi connectivity index (χ0n) is 11.2. The lowest BCUT2D eigenvalue weighted by atomic mass is 10.0. The van der Waals surface area contributed by atoms with Crippen molar-refractivity contribution < 1.29 is 4.92 Å². The first-order valence-electron chi connectivity index (χ1n) is 6.07. The van der Waals surface area contributed by atoms with E-state index in [1.165, 1.54) is 11.6 Å². The van der Waals surface area contributed by atoms with Crippen molar-refractivity contribution in [2.24, 2.45) is 0 Å². The molecule has 2 aromatic carbocycles. The topological polar surface area (TPSA) is 55.2 Å². The summed E-state index contributed by atoms with van der Waals surface area (Å²) < 4.78 is 0. The maximum atomic E-state index is 11.0. The van der Waals surface area contributed by atoms with Gasteiger partial charge in [0.05, 0.1) is 4.92 Å². The fourth-order valence-electron chi connectivity index (χ4n) is 2.25. The molecule has 1 N–H and O–H groups in total. The van der Waals surface area contributed by atoms with Crippen LogP contribution in [0.25, 0.3) is 0 Å². The molecular weight excluding hydrogens is 240 g/mol. The van der Waals surface area contributed by atoms with E-state index in [0.717, 1.165) is 16.8 Å². The molecule has 4 heteroatoms. The molecule has 19 heavy (non-hydrogen) atoms. The van der Waals surface area contributed by atoms with Crippen LogP contribution in [0.4, 0.5) is 17.1 Å². The van der Waals surface area contributed by atoms with Crippen LogP contribution < -0.4 is 5.32 Å². The standard InChI is InChI=1S/C15H16N2O2/c1-10-8-11(2)15(12(3)9-10)16-13-6-4-5-7-14(13)17(18)19/h4-9,16H,1-3H3. The highest BCUT2D eigenvalue weighted by Crippen LogP contribution is 2.30. The van der Waals surface area contributed by atoms with Gasteiger partial charge in [0.1, 0.15) is 5.69 Å². The average Bonchev–Trinajstić information content (AvgIpc) is 2.34. The Bertz CT molecular complexity index is 613. The zero-order chi connectivity index (χ0) is 14.0. The molecule has 0 aromatic heterocycles. The maximum Gasteiger partial charge on any atom is 0.292 e. The molecule has 0 amide bonds. The van der Waals surface area contributed by atoms with Crippen LogP contribution in [0.15, 0.2) is 36.4 Å². The summed E-state index contributed by atoms with van der Waals surface area (Å²) in [6.07, 6.45) is 0. The molecule has 0 saturated heterocycles. The normalized spacial score (nSPS) is 10.3. The summed E-state index contributed by atoms with van der Waals surface area (Å²) in [4.78, 5) is 10.6. The lowest BCUT2D eigenvalue weighted by Crippen LogP contribution is -2.00. The highest BCUT2D eigenvalue weighted by Gasteiger charge is 2.14. The Labute approximate surface area is 112 Å². The Balaban J connectivity index is 2.45. The lowest BCUT2D eigenvalue weighted by Gasteiger charge is -2.13. The number of benzene rings is 2. The van der Waals surface area contributed by atoms with Crippen LogP contribution in [0, 0.1) is 30.9 Å². The number of nitro groups is 1. The average molecular weight is 256 g/mol. The second kappa shape index (κ2) is 5.10. The smallest absolute Gasteiger partial charge is 0.292 e. The molecule has 0 spiro atoms. The van der Waals surface area contributed by atoms with E-state index < -0.39 is 0 Å². The van der Waals surface area contributed by atoms with Gasteiger partial charge in [-0.3, -0.25) is 10.1 Å². The molecule has 0 fully saturated rings. The maximum absolute atomic E-state index is 11.0. The third kappa shape index (κ3) is 2.73. The minimum atomic E-state index is -0.374. The fraction of sp³-hybridized carbons (Fsp3) is 0.200. The number of hydrogen-bond acceptors (Lipinski definition) is 3. The first-order chi connectivity index (χ1) is 8.99. The number of rotatable bonds is 3. The van der Waals surface area contributed by atoms with Gasteiger partial charge in [-0.05, 0) is 38.0 Å². The molecule has 0 aliphatic carbocycles. The number of aryl methyl sites for hydroxylation is 3. The fourth-order valence-corrected chi connectivity index (χ4v) is 2.25. The first kappa shape index (κ1) is 13.1. The number of nitrogens with one attached hydrogen (secondary N) is 1. The molecular formula is C15H16N2O2. The van der Waals surface area contributed by atoms with Crippen LogP contribution in [0.5, 0.6) is 0 Å². The monoisotopic (exact) mass is 256 g/mol. The van der Waals surface area contributed by atoms with E-state index in [1.54, 1.807) is 18.2 Å². The van der Waals surface area contributed by atoms with Crippen LogP contribution >= 0.6 is 0 Å². The molecule has 0 aliphatic rings. The van der Waals surface area contributed by atoms with Gasteiger partial charge in [-0.15, -0.1) is 0 Å². The van der Waals surface area contributed by atoms with Crippen molar-refractivity contribution in [3.05, 3.63) is 63.2 Å². The summed E-state index contributed by atoms with van der Waals surface area (Å²) in [5.41, 5.74) is 4.87. The molecule has 2 aromatic rings. The van der Waals surface area contributed by atoms with Gasteiger partial charge in [0.2, 0.25) is 0 Å². The summed E-state index contributed by atoms with van der Waals surface area (Å²) in [7, 11) is 0. The van der Waals surface area contributed by atoms with E-state index in [0.29, 0.717) is 5.69 Å². The Morgan fingerprint density at radius 2 is 1.63 bits per heavy atom. The highest BCUT2D eigenvalue weighted by molar-refractivity contribution is 5.73. The molecule has 0 aliphatic heterocycles. The highest BCUT2D eigenvalue weighted by atomic mass is 16.6. The molecule has 0 radical (unpaired) electrons. The van der Waals surface area contributed by atoms with Crippen molar-refractivity contribution in [1.29, 1.82) is 0 Å². The molecule has 98 valence electrons. The summed E-state index contributed by atoms with van der Waals surface area (Å²) in [6, 6.07) is 10.8. The Morgan fingerprint density at radius 1 is 1.05 bits per heavy atom. The van der Waals surface area contributed by atoms with E-state index in [-0.39, 0.29) is 10.6 Å². The Kier molecular flexibility index (Phi) is 3.51. The lowest BCUT2D eigenvalue weighted by molar-refractivity contribution is -0.383. The second-order valence-corrected chi connectivity index (χ2v) is 4.67. The van der Waals surface area contributed by atoms with Crippen molar-refractivity contribution in [2.45, 2.75) is 20.8 Å². The number of anilines is 2. The van der Waals surface area contributed by atoms with Crippen molar-refractivity contribution in [1.82, 2.24) is 0 Å². The zero-order valence-corrected chi connectivity index (χ0v) is 11.2. The molecule has 2 rings (SSSR count). The molecule has 0 heterocycles. The summed E-state index contributed by atoms with van der Waals surface area (Å²) in [6.45, 7) is 6.03. The minimum Gasteiger partial charge on any atom is -0.349 e. The van der Waals surface area contributed by atoms with Crippen molar-refractivity contribution in [3.8, 4) is 0 Å². The van der Waals surface area contributed by atoms with Gasteiger partial charge in [-0.25, -0.2) is 0 Å². The van der Waals surface area contributed by atoms with Gasteiger partial charge in [0, 0.05) is 11.8 Å². The van der Waals surface area contributed by atoms with Gasteiger partial charge in [0.25, 0.3) is 5.69 Å². The van der Waals surface area contributed by atoms with Gasteiger partial charge in [0.15, 0.2) is 0 Å². The van der Waals surface area contributed by atoms with Crippen LogP contribution in [-0.4, -0.2) is 4.92 Å². The van der Waals surface area contributed by atoms with E-state index >= 15 is 0 Å². The number of para-hydroxylation sites is 2. The first-order valence-corrected chi connectivity index (χ1v) is 6.07. The number of hydrogen-bond donors (Lipinski definition) is 1. The molecule has 0 saturated carbocycles. The van der Waals surface area contributed by atoms with E-state index in [1.807, 2.05) is 20.8 Å². The number of nitro benzene ring substituents is 1. The van der Waals surface area contributed by atoms with Crippen molar-refractivity contribution in [2.75, 3.05) is 5.32 Å². The third-order valence-corrected chi connectivity index (χ3v) is 3.04. The molecule has 4 nitrogen and oxygen atoms in total. The van der Waals surface area contributed by atoms with Crippen LogP contribution in [0.3, 0.4) is 0 Å². The van der Waals surface area contributed by atoms with E-state index in [4.69, 9.17) is 0 Å². The predicted molar refractivity (Wildman–Crippen MR) is 77.0 cm³/mol. The third-order valence-electron chi connectivity index (χ3n) is 3.04. The van der Waals surface area contributed by atoms with Gasteiger partial charge in [-0.1, -0.05) is 29.8 Å². The summed E-state index contributed by atoms with van der Waals surface area (Å²) in [5.74, 6) is 0. The Morgan fingerprint density at radius 3 is 2.21 bits per heavy atom. The van der Waals surface area contributed by atoms with E-state index in [9.17, 15) is 10.1 Å². The van der Waals surface area contributed by atoms with Crippen LogP contribution in [0.1, 0.15) is 16.7 Å². The molecule has 0 unspecified atom stereocenters.